The smallest absolute Gasteiger partial charge is 0.0603 e. The van der Waals surface area contributed by atoms with Gasteiger partial charge in [-0.3, -0.25) is 0 Å². The molecule has 3 heteroatoms. The minimum Gasteiger partial charge on any atom is -0.396 e. The monoisotopic (exact) mass is 145 g/mol. The molecule has 0 amide bonds. The highest BCUT2D eigenvalue weighted by molar-refractivity contribution is 4.74. The quantitative estimate of drug-likeness (QED) is 0.459. The third-order valence-electron chi connectivity index (χ3n) is 2.04. The number of hydrogen-bond acceptors (Lipinski definition) is 3. The maximum atomic E-state index is 9.35. The summed E-state index contributed by atoms with van der Waals surface area (Å²) >= 11 is 0. The van der Waals surface area contributed by atoms with Gasteiger partial charge >= 0.3 is 0 Å². The second-order valence-corrected chi connectivity index (χ2v) is 2.86. The molecule has 1 heterocycles. The molecule has 2 unspecified atom stereocenters. The van der Waals surface area contributed by atoms with Gasteiger partial charge in [0.1, 0.15) is 0 Å². The lowest BCUT2D eigenvalue weighted by atomic mass is 10.0. The van der Waals surface area contributed by atoms with Crippen LogP contribution < -0.4 is 5.32 Å². The molecule has 1 rings (SSSR count). The Balaban J connectivity index is 2.35. The molecule has 60 valence electrons. The van der Waals surface area contributed by atoms with Gasteiger partial charge in [0.15, 0.2) is 0 Å². The predicted octanol–water partition coefficient (Wildman–Crippen LogP) is -0.661. The molecule has 1 aliphatic heterocycles. The number of aliphatic hydroxyl groups is 2. The van der Waals surface area contributed by atoms with Gasteiger partial charge in [0.2, 0.25) is 0 Å². The maximum absolute atomic E-state index is 9.35. The van der Waals surface area contributed by atoms with Gasteiger partial charge in [0.25, 0.3) is 0 Å². The van der Waals surface area contributed by atoms with Crippen molar-refractivity contribution in [1.82, 2.24) is 5.32 Å². The molecule has 2 atom stereocenters. The van der Waals surface area contributed by atoms with Gasteiger partial charge in [-0.25, -0.2) is 0 Å². The molecule has 0 aromatic rings. The normalized spacial score (nSPS) is 35.4. The van der Waals surface area contributed by atoms with E-state index in [1.807, 2.05) is 0 Å². The van der Waals surface area contributed by atoms with Gasteiger partial charge < -0.3 is 15.5 Å². The standard InChI is InChI=1S/C7H15NO2/c9-5-6-4-8-3-1-2-7(6)10/h6-10H,1-5H2. The van der Waals surface area contributed by atoms with Crippen LogP contribution in [0.1, 0.15) is 12.8 Å². The SMILES string of the molecule is OCC1CNCCCC1O. The molecule has 3 N–H and O–H groups in total. The van der Waals surface area contributed by atoms with Gasteiger partial charge in [-0.05, 0) is 19.4 Å². The van der Waals surface area contributed by atoms with Crippen LogP contribution in [-0.4, -0.2) is 36.0 Å². The number of nitrogens with one attached hydrogen (secondary N) is 1. The summed E-state index contributed by atoms with van der Waals surface area (Å²) in [5.41, 5.74) is 0. The van der Waals surface area contributed by atoms with Gasteiger partial charge in [-0.1, -0.05) is 0 Å². The van der Waals surface area contributed by atoms with Crippen LogP contribution >= 0.6 is 0 Å². The van der Waals surface area contributed by atoms with Crippen molar-refractivity contribution in [2.75, 3.05) is 19.7 Å². The molecule has 0 radical (unpaired) electrons. The Bertz CT molecular complexity index is 97.6. The van der Waals surface area contributed by atoms with Crippen LogP contribution in [-0.2, 0) is 0 Å². The first-order valence-corrected chi connectivity index (χ1v) is 3.84. The molecule has 0 aromatic carbocycles. The Morgan fingerprint density at radius 3 is 3.00 bits per heavy atom. The fraction of sp³-hybridized carbons (Fsp3) is 1.00. The lowest BCUT2D eigenvalue weighted by Gasteiger charge is -2.16. The summed E-state index contributed by atoms with van der Waals surface area (Å²) in [7, 11) is 0. The molecule has 0 saturated carbocycles. The summed E-state index contributed by atoms with van der Waals surface area (Å²) < 4.78 is 0. The molecule has 0 aromatic heterocycles. The number of rotatable bonds is 1. The van der Waals surface area contributed by atoms with E-state index in [0.29, 0.717) is 0 Å². The van der Waals surface area contributed by atoms with Crippen molar-refractivity contribution in [3.05, 3.63) is 0 Å². The second kappa shape index (κ2) is 3.91. The predicted molar refractivity (Wildman–Crippen MR) is 38.7 cm³/mol. The van der Waals surface area contributed by atoms with E-state index >= 15 is 0 Å². The van der Waals surface area contributed by atoms with Crippen LogP contribution in [0.4, 0.5) is 0 Å². The Kier molecular flexibility index (Phi) is 3.12. The minimum atomic E-state index is -0.306. The van der Waals surface area contributed by atoms with Gasteiger partial charge in [-0.2, -0.15) is 0 Å². The van der Waals surface area contributed by atoms with E-state index in [1.54, 1.807) is 0 Å². The topological polar surface area (TPSA) is 52.5 Å². The third kappa shape index (κ3) is 1.94. The van der Waals surface area contributed by atoms with Crippen molar-refractivity contribution >= 4 is 0 Å². The van der Waals surface area contributed by atoms with Crippen LogP contribution in [0.15, 0.2) is 0 Å². The third-order valence-corrected chi connectivity index (χ3v) is 2.04. The molecule has 0 aliphatic carbocycles. The van der Waals surface area contributed by atoms with Crippen LogP contribution in [0.2, 0.25) is 0 Å². The minimum absolute atomic E-state index is 0.0440. The lowest BCUT2D eigenvalue weighted by Crippen LogP contribution is -2.30. The fourth-order valence-corrected chi connectivity index (χ4v) is 1.28. The van der Waals surface area contributed by atoms with Crippen LogP contribution in [0.25, 0.3) is 0 Å². The van der Waals surface area contributed by atoms with Crippen LogP contribution in [0, 0.1) is 5.92 Å². The second-order valence-electron chi connectivity index (χ2n) is 2.86. The summed E-state index contributed by atoms with van der Waals surface area (Å²) in [4.78, 5) is 0. The average molecular weight is 145 g/mol. The molecular weight excluding hydrogens is 130 g/mol. The van der Waals surface area contributed by atoms with E-state index in [0.717, 1.165) is 25.9 Å². The highest BCUT2D eigenvalue weighted by Crippen LogP contribution is 2.10. The Hall–Kier alpha value is -0.120. The number of aliphatic hydroxyl groups excluding tert-OH is 2. The highest BCUT2D eigenvalue weighted by Gasteiger charge is 2.19. The summed E-state index contributed by atoms with van der Waals surface area (Å²) in [5.74, 6) is 0.0440. The van der Waals surface area contributed by atoms with E-state index in [-0.39, 0.29) is 18.6 Å². The zero-order chi connectivity index (χ0) is 7.40. The first-order valence-electron chi connectivity index (χ1n) is 3.84. The van der Waals surface area contributed by atoms with Gasteiger partial charge in [0, 0.05) is 19.1 Å². The first kappa shape index (κ1) is 7.98. The molecule has 0 bridgehead atoms. The van der Waals surface area contributed by atoms with Crippen molar-refractivity contribution in [3.63, 3.8) is 0 Å². The lowest BCUT2D eigenvalue weighted by molar-refractivity contribution is 0.0685. The van der Waals surface area contributed by atoms with Crippen LogP contribution in [0.3, 0.4) is 0 Å². The van der Waals surface area contributed by atoms with Crippen molar-refractivity contribution < 1.29 is 10.2 Å². The van der Waals surface area contributed by atoms with Crippen molar-refractivity contribution in [1.29, 1.82) is 0 Å². The van der Waals surface area contributed by atoms with E-state index in [2.05, 4.69) is 5.32 Å². The summed E-state index contributed by atoms with van der Waals surface area (Å²) in [6, 6.07) is 0. The Morgan fingerprint density at radius 1 is 1.50 bits per heavy atom. The van der Waals surface area contributed by atoms with E-state index in [4.69, 9.17) is 5.11 Å². The van der Waals surface area contributed by atoms with E-state index < -0.39 is 0 Å². The summed E-state index contributed by atoms with van der Waals surface area (Å²) in [5, 5.41) is 21.3. The molecule has 10 heavy (non-hydrogen) atoms. The maximum Gasteiger partial charge on any atom is 0.0603 e. The van der Waals surface area contributed by atoms with Crippen molar-refractivity contribution in [2.45, 2.75) is 18.9 Å². The van der Waals surface area contributed by atoms with Gasteiger partial charge in [-0.15, -0.1) is 0 Å². The Morgan fingerprint density at radius 2 is 2.30 bits per heavy atom. The van der Waals surface area contributed by atoms with Gasteiger partial charge in [0.05, 0.1) is 6.10 Å². The molecule has 1 aliphatic rings. The molecule has 3 nitrogen and oxygen atoms in total. The largest absolute Gasteiger partial charge is 0.396 e. The summed E-state index contributed by atoms with van der Waals surface area (Å²) in [6.45, 7) is 1.80. The Labute approximate surface area is 61.1 Å². The summed E-state index contributed by atoms with van der Waals surface area (Å²) in [6.07, 6.45) is 1.52. The molecular formula is C7H15NO2. The zero-order valence-electron chi connectivity index (χ0n) is 6.08. The van der Waals surface area contributed by atoms with Crippen molar-refractivity contribution in [2.24, 2.45) is 5.92 Å². The molecule has 0 spiro atoms. The number of hydrogen-bond donors (Lipinski definition) is 3. The van der Waals surface area contributed by atoms with Crippen molar-refractivity contribution in [3.8, 4) is 0 Å². The average Bonchev–Trinajstić information content (AvgIpc) is 2.13. The molecule has 1 fully saturated rings. The first-order chi connectivity index (χ1) is 4.84. The zero-order valence-corrected chi connectivity index (χ0v) is 6.08. The highest BCUT2D eigenvalue weighted by atomic mass is 16.3. The fourth-order valence-electron chi connectivity index (χ4n) is 1.28. The van der Waals surface area contributed by atoms with E-state index in [9.17, 15) is 5.11 Å². The molecule has 1 saturated heterocycles. The van der Waals surface area contributed by atoms with Crippen LogP contribution in [0.5, 0.6) is 0 Å². The van der Waals surface area contributed by atoms with E-state index in [1.165, 1.54) is 0 Å².